The summed E-state index contributed by atoms with van der Waals surface area (Å²) in [6.07, 6.45) is -2.49. The van der Waals surface area contributed by atoms with Gasteiger partial charge in [0, 0.05) is 0 Å². The number of nitrogens with zero attached hydrogens (tertiary/aromatic N) is 1. The summed E-state index contributed by atoms with van der Waals surface area (Å²) in [6, 6.07) is -1.71. The number of rotatable bonds is 4. The lowest BCUT2D eigenvalue weighted by atomic mass is 10.1. The Balaban J connectivity index is 2.82. The van der Waals surface area contributed by atoms with E-state index < -0.39 is 50.0 Å². The van der Waals surface area contributed by atoms with E-state index in [0.29, 0.717) is 0 Å². The van der Waals surface area contributed by atoms with Gasteiger partial charge in [-0.3, -0.25) is 9.69 Å². The molecule has 1 aliphatic heterocycles. The van der Waals surface area contributed by atoms with Crippen LogP contribution in [0.25, 0.3) is 0 Å². The second-order valence-electron chi connectivity index (χ2n) is 3.55. The molecule has 5 N–H and O–H groups in total. The van der Waals surface area contributed by atoms with Crippen LogP contribution in [0.3, 0.4) is 0 Å². The van der Waals surface area contributed by atoms with E-state index in [1.54, 1.807) is 0 Å². The van der Waals surface area contributed by atoms with Crippen LogP contribution >= 0.6 is 0 Å². The molecular weight excluding hydrogens is 206 g/mol. The molecule has 1 heterocycles. The molecule has 0 aromatic carbocycles. The molecule has 15 heavy (non-hydrogen) atoms. The molecular formula is C8H15NO6. The first kappa shape index (κ1) is 12.3. The van der Waals surface area contributed by atoms with E-state index >= 15 is 0 Å². The molecule has 1 rings (SSSR count). The third-order valence-electron chi connectivity index (χ3n) is 2.68. The summed E-state index contributed by atoms with van der Waals surface area (Å²) in [6.45, 7) is -1.38. The Labute approximate surface area is 86.2 Å². The number of hydrogen-bond donors (Lipinski definition) is 5. The zero-order valence-corrected chi connectivity index (χ0v) is 8.02. The first-order chi connectivity index (χ1) is 7.02. The summed E-state index contributed by atoms with van der Waals surface area (Å²) in [5.41, 5.74) is 0. The number of hydrogen-bond acceptors (Lipinski definition) is 6. The number of aliphatic carboxylic acids is 1. The van der Waals surface area contributed by atoms with Gasteiger partial charge in [0.15, 0.2) is 0 Å². The fraction of sp³-hybridized carbons (Fsp3) is 0.875. The molecule has 1 fully saturated rings. The average Bonchev–Trinajstić information content (AvgIpc) is 2.38. The lowest BCUT2D eigenvalue weighted by Gasteiger charge is -2.26. The monoisotopic (exact) mass is 221 g/mol. The summed E-state index contributed by atoms with van der Waals surface area (Å²) in [7, 11) is 0. The third kappa shape index (κ3) is 2.27. The van der Waals surface area contributed by atoms with Crippen LogP contribution in [0.15, 0.2) is 0 Å². The van der Waals surface area contributed by atoms with Gasteiger partial charge in [-0.2, -0.15) is 0 Å². The quantitative estimate of drug-likeness (QED) is 0.339. The lowest BCUT2D eigenvalue weighted by Crippen LogP contribution is -2.45. The van der Waals surface area contributed by atoms with Gasteiger partial charge < -0.3 is 25.5 Å². The van der Waals surface area contributed by atoms with Crippen molar-refractivity contribution < 1.29 is 30.3 Å². The first-order valence-electron chi connectivity index (χ1n) is 4.58. The Morgan fingerprint density at radius 2 is 1.47 bits per heavy atom. The number of carbonyl (C=O) groups is 1. The van der Waals surface area contributed by atoms with Crippen molar-refractivity contribution in [3.63, 3.8) is 0 Å². The predicted molar refractivity (Wildman–Crippen MR) is 48.1 cm³/mol. The maximum Gasteiger partial charge on any atom is 0.317 e. The summed E-state index contributed by atoms with van der Waals surface area (Å²) >= 11 is 0. The highest BCUT2D eigenvalue weighted by Gasteiger charge is 2.47. The van der Waals surface area contributed by atoms with Crippen LogP contribution in [0.5, 0.6) is 0 Å². The minimum atomic E-state index is -1.24. The van der Waals surface area contributed by atoms with Gasteiger partial charge >= 0.3 is 5.97 Å². The molecule has 0 aromatic heterocycles. The third-order valence-corrected chi connectivity index (χ3v) is 2.68. The minimum absolute atomic E-state index is 0.440. The molecule has 0 bridgehead atoms. The molecule has 4 unspecified atom stereocenters. The van der Waals surface area contributed by atoms with E-state index in [2.05, 4.69) is 0 Å². The van der Waals surface area contributed by atoms with Gasteiger partial charge in [-0.05, 0) is 0 Å². The SMILES string of the molecule is O=C(O)CN1C(CO)C(O)C(O)C1CO. The molecule has 1 aliphatic rings. The molecule has 4 atom stereocenters. The second kappa shape index (κ2) is 4.86. The smallest absolute Gasteiger partial charge is 0.317 e. The summed E-state index contributed by atoms with van der Waals surface area (Å²) < 4.78 is 0. The van der Waals surface area contributed by atoms with E-state index in [1.165, 1.54) is 4.90 Å². The average molecular weight is 221 g/mol. The van der Waals surface area contributed by atoms with Crippen molar-refractivity contribution in [3.8, 4) is 0 Å². The molecule has 7 heteroatoms. The van der Waals surface area contributed by atoms with Gasteiger partial charge in [0.25, 0.3) is 0 Å². The fourth-order valence-corrected chi connectivity index (χ4v) is 1.91. The zero-order chi connectivity index (χ0) is 11.6. The van der Waals surface area contributed by atoms with Crippen molar-refractivity contribution in [2.45, 2.75) is 24.3 Å². The Morgan fingerprint density at radius 1 is 1.07 bits per heavy atom. The van der Waals surface area contributed by atoms with Gasteiger partial charge in [-0.25, -0.2) is 0 Å². The van der Waals surface area contributed by atoms with Crippen molar-refractivity contribution in [1.29, 1.82) is 0 Å². The highest BCUT2D eigenvalue weighted by molar-refractivity contribution is 5.69. The van der Waals surface area contributed by atoms with Crippen molar-refractivity contribution in [2.75, 3.05) is 19.8 Å². The van der Waals surface area contributed by atoms with Gasteiger partial charge in [-0.1, -0.05) is 0 Å². The fourth-order valence-electron chi connectivity index (χ4n) is 1.91. The first-order valence-corrected chi connectivity index (χ1v) is 4.58. The van der Waals surface area contributed by atoms with Crippen LogP contribution in [0, 0.1) is 0 Å². The summed E-state index contributed by atoms with van der Waals surface area (Å²) in [4.78, 5) is 11.7. The maximum atomic E-state index is 10.5. The molecule has 1 saturated heterocycles. The van der Waals surface area contributed by atoms with Gasteiger partial charge in [0.05, 0.1) is 44.1 Å². The molecule has 0 aromatic rings. The normalized spacial score (nSPS) is 37.1. The topological polar surface area (TPSA) is 121 Å². The summed E-state index contributed by atoms with van der Waals surface area (Å²) in [5.74, 6) is -1.15. The molecule has 0 amide bonds. The number of aliphatic hydroxyl groups is 4. The predicted octanol–water partition coefficient (Wildman–Crippen LogP) is -3.17. The Morgan fingerprint density at radius 3 is 1.73 bits per heavy atom. The minimum Gasteiger partial charge on any atom is -0.480 e. The largest absolute Gasteiger partial charge is 0.480 e. The van der Waals surface area contributed by atoms with E-state index in [-0.39, 0.29) is 0 Å². The van der Waals surface area contributed by atoms with Crippen LogP contribution in [-0.4, -0.2) is 80.5 Å². The van der Waals surface area contributed by atoms with Gasteiger partial charge in [-0.15, -0.1) is 0 Å². The van der Waals surface area contributed by atoms with Crippen LogP contribution in [-0.2, 0) is 4.79 Å². The van der Waals surface area contributed by atoms with Gasteiger partial charge in [0.1, 0.15) is 0 Å². The second-order valence-corrected chi connectivity index (χ2v) is 3.55. The van der Waals surface area contributed by atoms with Crippen LogP contribution < -0.4 is 0 Å². The number of likely N-dealkylation sites (tertiary alicyclic amines) is 1. The van der Waals surface area contributed by atoms with Crippen LogP contribution in [0.4, 0.5) is 0 Å². The molecule has 88 valence electrons. The maximum absolute atomic E-state index is 10.5. The number of aliphatic hydroxyl groups excluding tert-OH is 4. The lowest BCUT2D eigenvalue weighted by molar-refractivity contribution is -0.139. The highest BCUT2D eigenvalue weighted by Crippen LogP contribution is 2.24. The molecule has 0 radical (unpaired) electrons. The number of carboxylic acid groups (broad SMARTS) is 1. The molecule has 0 saturated carbocycles. The van der Waals surface area contributed by atoms with Crippen LogP contribution in [0.2, 0.25) is 0 Å². The molecule has 7 nitrogen and oxygen atoms in total. The van der Waals surface area contributed by atoms with Crippen molar-refractivity contribution in [2.24, 2.45) is 0 Å². The van der Waals surface area contributed by atoms with E-state index in [9.17, 15) is 15.0 Å². The standard InChI is InChI=1S/C8H15NO6/c10-2-4-7(14)8(15)5(3-11)9(4)1-6(12)13/h4-5,7-8,10-11,14-15H,1-3H2,(H,12,13). The van der Waals surface area contributed by atoms with Gasteiger partial charge in [0.2, 0.25) is 0 Å². The van der Waals surface area contributed by atoms with E-state index in [1.807, 2.05) is 0 Å². The van der Waals surface area contributed by atoms with E-state index in [0.717, 1.165) is 0 Å². The highest BCUT2D eigenvalue weighted by atomic mass is 16.4. The van der Waals surface area contributed by atoms with E-state index in [4.69, 9.17) is 15.3 Å². The Kier molecular flexibility index (Phi) is 4.00. The molecule has 0 spiro atoms. The summed E-state index contributed by atoms with van der Waals surface area (Å²) in [5, 5.41) is 45.5. The Hall–Kier alpha value is -0.730. The van der Waals surface area contributed by atoms with Crippen molar-refractivity contribution >= 4 is 5.97 Å². The zero-order valence-electron chi connectivity index (χ0n) is 8.02. The molecule has 0 aliphatic carbocycles. The van der Waals surface area contributed by atoms with Crippen molar-refractivity contribution in [1.82, 2.24) is 4.90 Å². The Bertz CT molecular complexity index is 219. The van der Waals surface area contributed by atoms with Crippen molar-refractivity contribution in [3.05, 3.63) is 0 Å². The van der Waals surface area contributed by atoms with Crippen LogP contribution in [0.1, 0.15) is 0 Å². The number of carboxylic acids is 1.